The van der Waals surface area contributed by atoms with Gasteiger partial charge in [-0.1, -0.05) is 30.4 Å². The van der Waals surface area contributed by atoms with E-state index >= 15 is 0 Å². The second-order valence-electron chi connectivity index (χ2n) is 5.76. The Morgan fingerprint density at radius 2 is 1.77 bits per heavy atom. The van der Waals surface area contributed by atoms with Gasteiger partial charge >= 0.3 is 0 Å². The number of fused-ring (bicyclic) bond motifs is 1. The van der Waals surface area contributed by atoms with E-state index in [4.69, 9.17) is 0 Å². The lowest BCUT2D eigenvalue weighted by Crippen LogP contribution is -2.03. The van der Waals surface area contributed by atoms with Gasteiger partial charge in [0.2, 0.25) is 10.1 Å². The molecule has 4 rings (SSSR count). The average molecular weight is 373 g/mol. The number of hydrogen-bond acceptors (Lipinski definition) is 6. The van der Waals surface area contributed by atoms with E-state index in [1.165, 1.54) is 23.5 Å². The summed E-state index contributed by atoms with van der Waals surface area (Å²) >= 11 is 1.22. The predicted molar refractivity (Wildman–Crippen MR) is 93.9 cm³/mol. The Morgan fingerprint density at radius 1 is 1.08 bits per heavy atom. The van der Waals surface area contributed by atoms with E-state index in [-0.39, 0.29) is 17.4 Å². The quantitative estimate of drug-likeness (QED) is 0.564. The standard InChI is InChI=1S/C17H13F2N5OS/c1-9(10-2-4-14(25)5-3-10)15-21-22-17-24(15)23-16(26-17)20-13-7-11(18)6-12(19)8-13/h2-9,25H,1H3,(H,20,23). The van der Waals surface area contributed by atoms with Gasteiger partial charge in [0.15, 0.2) is 5.82 Å². The number of nitrogens with zero attached hydrogens (tertiary/aromatic N) is 4. The molecule has 4 aromatic rings. The normalized spacial score (nSPS) is 12.4. The molecule has 2 N–H and O–H groups in total. The number of halogens is 2. The smallest absolute Gasteiger partial charge is 0.236 e. The summed E-state index contributed by atoms with van der Waals surface area (Å²) in [6, 6.07) is 10.0. The Morgan fingerprint density at radius 3 is 2.46 bits per heavy atom. The molecule has 1 unspecified atom stereocenters. The fourth-order valence-electron chi connectivity index (χ4n) is 2.61. The van der Waals surface area contributed by atoms with E-state index in [0.717, 1.165) is 11.6 Å². The SMILES string of the molecule is CC(c1ccc(O)cc1)c1nnc2sc(Nc3cc(F)cc(F)c3)nn12. The first-order valence-electron chi connectivity index (χ1n) is 7.74. The van der Waals surface area contributed by atoms with Crippen LogP contribution in [0, 0.1) is 11.6 Å². The van der Waals surface area contributed by atoms with Gasteiger partial charge in [-0.05, 0) is 29.8 Å². The third kappa shape index (κ3) is 3.08. The van der Waals surface area contributed by atoms with Crippen molar-refractivity contribution in [2.75, 3.05) is 5.32 Å². The molecule has 0 spiro atoms. The molecule has 0 aliphatic heterocycles. The zero-order chi connectivity index (χ0) is 18.3. The number of benzene rings is 2. The minimum Gasteiger partial charge on any atom is -0.508 e. The van der Waals surface area contributed by atoms with E-state index in [9.17, 15) is 13.9 Å². The fourth-order valence-corrected chi connectivity index (χ4v) is 3.38. The van der Waals surface area contributed by atoms with Gasteiger partial charge in [-0.25, -0.2) is 8.78 Å². The summed E-state index contributed by atoms with van der Waals surface area (Å²) in [5, 5.41) is 25.4. The van der Waals surface area contributed by atoms with E-state index < -0.39 is 11.6 Å². The molecule has 0 fully saturated rings. The average Bonchev–Trinajstić information content (AvgIpc) is 3.14. The highest BCUT2D eigenvalue weighted by Gasteiger charge is 2.19. The summed E-state index contributed by atoms with van der Waals surface area (Å²) in [7, 11) is 0. The van der Waals surface area contributed by atoms with Gasteiger partial charge < -0.3 is 10.4 Å². The molecule has 26 heavy (non-hydrogen) atoms. The third-order valence-electron chi connectivity index (χ3n) is 3.91. The van der Waals surface area contributed by atoms with Crippen LogP contribution in [-0.2, 0) is 0 Å². The van der Waals surface area contributed by atoms with Crippen LogP contribution in [0.15, 0.2) is 42.5 Å². The summed E-state index contributed by atoms with van der Waals surface area (Å²) in [5.41, 5.74) is 1.22. The number of phenols is 1. The van der Waals surface area contributed by atoms with Crippen LogP contribution in [0.3, 0.4) is 0 Å². The molecule has 6 nitrogen and oxygen atoms in total. The van der Waals surface area contributed by atoms with Crippen LogP contribution in [0.4, 0.5) is 19.6 Å². The van der Waals surface area contributed by atoms with E-state index in [0.29, 0.717) is 15.9 Å². The summed E-state index contributed by atoms with van der Waals surface area (Å²) < 4.78 is 28.2. The van der Waals surface area contributed by atoms with Crippen molar-refractivity contribution < 1.29 is 13.9 Å². The van der Waals surface area contributed by atoms with Crippen LogP contribution < -0.4 is 5.32 Å². The van der Waals surface area contributed by atoms with Gasteiger partial charge in [0, 0.05) is 17.7 Å². The lowest BCUT2D eigenvalue weighted by atomic mass is 10.0. The zero-order valence-electron chi connectivity index (χ0n) is 13.5. The molecular weight excluding hydrogens is 360 g/mol. The number of rotatable bonds is 4. The monoisotopic (exact) mass is 373 g/mol. The number of aromatic nitrogens is 4. The van der Waals surface area contributed by atoms with E-state index in [2.05, 4.69) is 20.6 Å². The maximum absolute atomic E-state index is 13.3. The minimum absolute atomic E-state index is 0.104. The first-order chi connectivity index (χ1) is 12.5. The molecule has 2 heterocycles. The molecule has 1 atom stereocenters. The van der Waals surface area contributed by atoms with Crippen LogP contribution in [0.2, 0.25) is 0 Å². The predicted octanol–water partition coefficient (Wildman–Crippen LogP) is 4.07. The van der Waals surface area contributed by atoms with Crippen LogP contribution in [0.1, 0.15) is 24.2 Å². The Bertz CT molecular complexity index is 1060. The van der Waals surface area contributed by atoms with Gasteiger partial charge in [0.05, 0.1) is 0 Å². The number of nitrogens with one attached hydrogen (secondary N) is 1. The lowest BCUT2D eigenvalue weighted by Gasteiger charge is -2.08. The highest BCUT2D eigenvalue weighted by molar-refractivity contribution is 7.20. The van der Waals surface area contributed by atoms with E-state index in [1.807, 2.05) is 19.1 Å². The van der Waals surface area contributed by atoms with Gasteiger partial charge in [0.1, 0.15) is 17.4 Å². The van der Waals surface area contributed by atoms with Crippen molar-refractivity contribution in [1.29, 1.82) is 0 Å². The van der Waals surface area contributed by atoms with Crippen LogP contribution in [0.25, 0.3) is 4.96 Å². The second-order valence-corrected chi connectivity index (χ2v) is 6.71. The molecular formula is C17H13F2N5OS. The van der Waals surface area contributed by atoms with Gasteiger partial charge in [-0.3, -0.25) is 0 Å². The maximum Gasteiger partial charge on any atom is 0.236 e. The lowest BCUT2D eigenvalue weighted by molar-refractivity contribution is 0.475. The van der Waals surface area contributed by atoms with Gasteiger partial charge in [-0.15, -0.1) is 15.3 Å². The number of hydrogen-bond donors (Lipinski definition) is 2. The van der Waals surface area contributed by atoms with Crippen molar-refractivity contribution in [2.24, 2.45) is 0 Å². The Balaban J connectivity index is 1.65. The third-order valence-corrected chi connectivity index (χ3v) is 4.72. The Labute approximate surface area is 150 Å². The van der Waals surface area contributed by atoms with Crippen LogP contribution in [-0.4, -0.2) is 24.9 Å². The summed E-state index contributed by atoms with van der Waals surface area (Å²) in [4.78, 5) is 0.560. The molecule has 0 radical (unpaired) electrons. The van der Waals surface area contributed by atoms with Crippen molar-refractivity contribution in [3.8, 4) is 5.75 Å². The first-order valence-corrected chi connectivity index (χ1v) is 8.55. The summed E-state index contributed by atoms with van der Waals surface area (Å²) in [5.74, 6) is -0.628. The molecule has 0 amide bonds. The molecule has 132 valence electrons. The van der Waals surface area contributed by atoms with Crippen molar-refractivity contribution >= 4 is 27.1 Å². The van der Waals surface area contributed by atoms with Gasteiger partial charge in [-0.2, -0.15) is 4.52 Å². The Hall–Kier alpha value is -3.07. The summed E-state index contributed by atoms with van der Waals surface area (Å²) in [6.07, 6.45) is 0. The second kappa shape index (κ2) is 6.34. The topological polar surface area (TPSA) is 75.3 Å². The molecule has 0 saturated carbocycles. The van der Waals surface area contributed by atoms with E-state index in [1.54, 1.807) is 16.6 Å². The molecule has 2 aromatic carbocycles. The van der Waals surface area contributed by atoms with Crippen molar-refractivity contribution in [2.45, 2.75) is 12.8 Å². The highest BCUT2D eigenvalue weighted by atomic mass is 32.1. The molecule has 9 heteroatoms. The maximum atomic E-state index is 13.3. The number of phenolic OH excluding ortho intramolecular Hbond substituents is 1. The summed E-state index contributed by atoms with van der Waals surface area (Å²) in [6.45, 7) is 1.96. The van der Waals surface area contributed by atoms with Gasteiger partial charge in [0.25, 0.3) is 0 Å². The fraction of sp³-hybridized carbons (Fsp3) is 0.118. The van der Waals surface area contributed by atoms with Crippen LogP contribution in [0.5, 0.6) is 5.75 Å². The molecule has 0 aliphatic rings. The van der Waals surface area contributed by atoms with Crippen molar-refractivity contribution in [1.82, 2.24) is 19.8 Å². The molecule has 0 saturated heterocycles. The van der Waals surface area contributed by atoms with Crippen molar-refractivity contribution in [3.05, 3.63) is 65.5 Å². The highest BCUT2D eigenvalue weighted by Crippen LogP contribution is 2.28. The van der Waals surface area contributed by atoms with Crippen molar-refractivity contribution in [3.63, 3.8) is 0 Å². The Kier molecular flexibility index (Phi) is 4.00. The molecule has 2 aromatic heterocycles. The first kappa shape index (κ1) is 16.4. The molecule has 0 aliphatic carbocycles. The minimum atomic E-state index is -0.669. The zero-order valence-corrected chi connectivity index (χ0v) is 14.3. The molecule has 0 bridgehead atoms. The van der Waals surface area contributed by atoms with Crippen LogP contribution >= 0.6 is 11.3 Å². The number of aromatic hydroxyl groups is 1. The largest absolute Gasteiger partial charge is 0.508 e. The number of anilines is 2.